The lowest BCUT2D eigenvalue weighted by Gasteiger charge is -2.38. The SMILES string of the molecule is CC(C)(C)OC(=O)N1CCC(CO[Si](C)(C)C(C)(C)C)C(=O)C1. The van der Waals surface area contributed by atoms with Crippen LogP contribution in [-0.2, 0) is 14.0 Å². The van der Waals surface area contributed by atoms with Crippen LogP contribution in [0, 0.1) is 5.92 Å². The number of ketones is 1. The number of carbonyl (C=O) groups is 2. The molecule has 1 fully saturated rings. The molecule has 1 rings (SSSR count). The lowest BCUT2D eigenvalue weighted by atomic mass is 9.97. The van der Waals surface area contributed by atoms with Gasteiger partial charge in [-0.1, -0.05) is 20.8 Å². The van der Waals surface area contributed by atoms with Gasteiger partial charge in [0.25, 0.3) is 0 Å². The van der Waals surface area contributed by atoms with Crippen molar-refractivity contribution in [1.29, 1.82) is 0 Å². The second-order valence-corrected chi connectivity index (χ2v) is 13.7. The minimum absolute atomic E-state index is 0.0702. The first-order valence-electron chi connectivity index (χ1n) is 8.37. The predicted octanol–water partition coefficient (Wildman–Crippen LogP) is 3.83. The van der Waals surface area contributed by atoms with Crippen molar-refractivity contribution in [2.24, 2.45) is 5.92 Å². The van der Waals surface area contributed by atoms with Crippen LogP contribution in [0.25, 0.3) is 0 Å². The van der Waals surface area contributed by atoms with Crippen LogP contribution >= 0.6 is 0 Å². The largest absolute Gasteiger partial charge is 0.444 e. The average Bonchev–Trinajstić information content (AvgIpc) is 2.33. The van der Waals surface area contributed by atoms with Gasteiger partial charge in [-0.05, 0) is 45.3 Å². The highest BCUT2D eigenvalue weighted by molar-refractivity contribution is 6.74. The molecule has 1 heterocycles. The molecule has 1 saturated heterocycles. The summed E-state index contributed by atoms with van der Waals surface area (Å²) in [5.74, 6) is -0.0383. The van der Waals surface area contributed by atoms with Crippen LogP contribution in [0.2, 0.25) is 18.1 Å². The molecular formula is C17H33NO4Si. The van der Waals surface area contributed by atoms with Crippen molar-refractivity contribution < 1.29 is 18.8 Å². The maximum Gasteiger partial charge on any atom is 0.410 e. The van der Waals surface area contributed by atoms with Gasteiger partial charge in [0, 0.05) is 19.1 Å². The van der Waals surface area contributed by atoms with Crippen molar-refractivity contribution in [3.63, 3.8) is 0 Å². The number of hydrogen-bond acceptors (Lipinski definition) is 4. The molecule has 1 aliphatic rings. The van der Waals surface area contributed by atoms with E-state index in [1.165, 1.54) is 4.90 Å². The summed E-state index contributed by atoms with van der Waals surface area (Å²) < 4.78 is 11.5. The molecule has 0 aromatic carbocycles. The molecule has 0 radical (unpaired) electrons. The fourth-order valence-electron chi connectivity index (χ4n) is 2.05. The lowest BCUT2D eigenvalue weighted by molar-refractivity contribution is -0.127. The van der Waals surface area contributed by atoms with Gasteiger partial charge in [0.15, 0.2) is 14.1 Å². The van der Waals surface area contributed by atoms with Crippen molar-refractivity contribution in [3.8, 4) is 0 Å². The van der Waals surface area contributed by atoms with E-state index in [1.54, 1.807) is 0 Å². The zero-order valence-corrected chi connectivity index (χ0v) is 17.0. The predicted molar refractivity (Wildman–Crippen MR) is 94.1 cm³/mol. The third kappa shape index (κ3) is 5.92. The fourth-order valence-corrected chi connectivity index (χ4v) is 3.10. The molecule has 0 bridgehead atoms. The van der Waals surface area contributed by atoms with E-state index in [-0.39, 0.29) is 23.3 Å². The van der Waals surface area contributed by atoms with Gasteiger partial charge >= 0.3 is 6.09 Å². The van der Waals surface area contributed by atoms with Gasteiger partial charge in [0.1, 0.15) is 5.60 Å². The Morgan fingerprint density at radius 3 is 2.22 bits per heavy atom. The molecule has 0 aromatic rings. The average molecular weight is 344 g/mol. The minimum atomic E-state index is -1.85. The zero-order chi connectivity index (χ0) is 18.1. The van der Waals surface area contributed by atoms with E-state index in [1.807, 2.05) is 20.8 Å². The fraction of sp³-hybridized carbons (Fsp3) is 0.882. The van der Waals surface area contributed by atoms with E-state index in [9.17, 15) is 9.59 Å². The van der Waals surface area contributed by atoms with Crippen LogP contribution in [0.1, 0.15) is 48.0 Å². The molecule has 0 aromatic heterocycles. The number of amides is 1. The Balaban J connectivity index is 2.54. The molecule has 1 atom stereocenters. The smallest absolute Gasteiger partial charge is 0.410 e. The molecule has 6 heteroatoms. The highest BCUT2D eigenvalue weighted by Gasteiger charge is 2.39. The first-order valence-corrected chi connectivity index (χ1v) is 11.3. The Kier molecular flexibility index (Phi) is 6.07. The van der Waals surface area contributed by atoms with Crippen LogP contribution in [-0.4, -0.2) is 50.4 Å². The monoisotopic (exact) mass is 343 g/mol. The van der Waals surface area contributed by atoms with Crippen LogP contribution < -0.4 is 0 Å². The Morgan fingerprint density at radius 2 is 1.78 bits per heavy atom. The molecule has 23 heavy (non-hydrogen) atoms. The van der Waals surface area contributed by atoms with Crippen molar-refractivity contribution in [2.45, 2.75) is 71.7 Å². The molecule has 5 nitrogen and oxygen atoms in total. The van der Waals surface area contributed by atoms with Crippen LogP contribution in [0.5, 0.6) is 0 Å². The van der Waals surface area contributed by atoms with E-state index < -0.39 is 20.0 Å². The summed E-state index contributed by atoms with van der Waals surface area (Å²) in [6.45, 7) is 17.6. The summed E-state index contributed by atoms with van der Waals surface area (Å²) in [6.07, 6.45) is 0.238. The minimum Gasteiger partial charge on any atom is -0.444 e. The highest BCUT2D eigenvalue weighted by atomic mass is 28.4. The number of likely N-dealkylation sites (tertiary alicyclic amines) is 1. The van der Waals surface area contributed by atoms with Crippen LogP contribution in [0.3, 0.4) is 0 Å². The van der Waals surface area contributed by atoms with E-state index >= 15 is 0 Å². The first-order chi connectivity index (χ1) is 10.2. The molecule has 1 aliphatic heterocycles. The molecule has 0 N–H and O–H groups in total. The Hall–Kier alpha value is -0.883. The second kappa shape index (κ2) is 6.93. The van der Waals surface area contributed by atoms with Gasteiger partial charge in [-0.15, -0.1) is 0 Å². The summed E-state index contributed by atoms with van der Waals surface area (Å²) in [5.41, 5.74) is -0.539. The van der Waals surface area contributed by atoms with Gasteiger partial charge < -0.3 is 14.1 Å². The third-order valence-corrected chi connectivity index (χ3v) is 9.15. The standard InChI is InChI=1S/C17H33NO4Si/c1-16(2,3)22-15(20)18-10-9-13(14(19)11-18)12-21-23(7,8)17(4,5)6/h13H,9-12H2,1-8H3. The van der Waals surface area contributed by atoms with Gasteiger partial charge in [-0.3, -0.25) is 4.79 Å². The zero-order valence-electron chi connectivity index (χ0n) is 16.0. The third-order valence-electron chi connectivity index (χ3n) is 4.65. The first kappa shape index (κ1) is 20.2. The van der Waals surface area contributed by atoms with Gasteiger partial charge in [0.2, 0.25) is 0 Å². The van der Waals surface area contributed by atoms with Gasteiger partial charge in [0.05, 0.1) is 6.54 Å². The van der Waals surface area contributed by atoms with Crippen LogP contribution in [0.15, 0.2) is 0 Å². The Morgan fingerprint density at radius 1 is 1.22 bits per heavy atom. The van der Waals surface area contributed by atoms with E-state index in [2.05, 4.69) is 33.9 Å². The molecule has 0 aliphatic carbocycles. The number of carbonyl (C=O) groups excluding carboxylic acids is 2. The number of Topliss-reactive ketones (excluding diaryl/α,β-unsaturated/α-hetero) is 1. The maximum absolute atomic E-state index is 12.3. The summed E-state index contributed by atoms with van der Waals surface area (Å²) in [4.78, 5) is 25.9. The molecular weight excluding hydrogens is 310 g/mol. The maximum atomic E-state index is 12.3. The van der Waals surface area contributed by atoms with E-state index in [4.69, 9.17) is 9.16 Å². The number of piperidine rings is 1. The normalized spacial score (nSPS) is 20.6. The number of ether oxygens (including phenoxy) is 1. The van der Waals surface area contributed by atoms with Gasteiger partial charge in [-0.25, -0.2) is 4.79 Å². The quantitative estimate of drug-likeness (QED) is 0.731. The second-order valence-electron chi connectivity index (χ2n) is 8.93. The molecule has 134 valence electrons. The van der Waals surface area contributed by atoms with E-state index in [0.717, 1.165) is 0 Å². The topological polar surface area (TPSA) is 55.8 Å². The Labute approximate surface area is 141 Å². The molecule has 1 unspecified atom stereocenters. The number of hydrogen-bond donors (Lipinski definition) is 0. The van der Waals surface area contributed by atoms with E-state index in [0.29, 0.717) is 19.6 Å². The molecule has 0 saturated carbocycles. The van der Waals surface area contributed by atoms with Crippen molar-refractivity contribution >= 4 is 20.2 Å². The lowest BCUT2D eigenvalue weighted by Crippen LogP contribution is -2.49. The number of rotatable bonds is 3. The molecule has 0 spiro atoms. The molecule has 1 amide bonds. The summed E-state index contributed by atoms with van der Waals surface area (Å²) in [6, 6.07) is 0. The Bertz CT molecular complexity index is 448. The summed E-state index contributed by atoms with van der Waals surface area (Å²) in [5, 5.41) is 0.132. The van der Waals surface area contributed by atoms with Crippen LogP contribution in [0.4, 0.5) is 4.79 Å². The van der Waals surface area contributed by atoms with Crippen molar-refractivity contribution in [2.75, 3.05) is 19.7 Å². The van der Waals surface area contributed by atoms with Crippen molar-refractivity contribution in [3.05, 3.63) is 0 Å². The van der Waals surface area contributed by atoms with Crippen molar-refractivity contribution in [1.82, 2.24) is 4.90 Å². The highest BCUT2D eigenvalue weighted by Crippen LogP contribution is 2.37. The summed E-state index contributed by atoms with van der Waals surface area (Å²) >= 11 is 0. The summed E-state index contributed by atoms with van der Waals surface area (Å²) in [7, 11) is -1.85. The van der Waals surface area contributed by atoms with Gasteiger partial charge in [-0.2, -0.15) is 0 Å². The number of nitrogens with zero attached hydrogens (tertiary/aromatic N) is 1.